The molecule has 0 aliphatic carbocycles. The summed E-state index contributed by atoms with van der Waals surface area (Å²) in [6, 6.07) is 31.2. The van der Waals surface area contributed by atoms with Crippen molar-refractivity contribution in [3.63, 3.8) is 0 Å². The summed E-state index contributed by atoms with van der Waals surface area (Å²) >= 11 is 1.68. The molecule has 4 rings (SSSR count). The molecule has 4 aromatic rings. The zero-order valence-corrected chi connectivity index (χ0v) is 21.8. The number of hydrogen-bond acceptors (Lipinski definition) is 3. The van der Waals surface area contributed by atoms with E-state index in [-0.39, 0.29) is 5.91 Å². The molecule has 0 aliphatic rings. The molecule has 1 N–H and O–H groups in total. The second-order valence-corrected chi connectivity index (χ2v) is 9.92. The van der Waals surface area contributed by atoms with Crippen molar-refractivity contribution in [2.45, 2.75) is 50.6 Å². The highest BCUT2D eigenvalue weighted by Crippen LogP contribution is 2.38. The molecule has 0 bridgehead atoms. The maximum Gasteiger partial charge on any atom is 0.220 e. The van der Waals surface area contributed by atoms with E-state index in [1.807, 2.05) is 18.2 Å². The van der Waals surface area contributed by atoms with Crippen LogP contribution in [-0.4, -0.2) is 27.8 Å². The van der Waals surface area contributed by atoms with Crippen molar-refractivity contribution in [2.24, 2.45) is 0 Å². The molecule has 0 saturated heterocycles. The second kappa shape index (κ2) is 13.7. The number of amides is 1. The number of carbonyl (C=O) groups is 1. The summed E-state index contributed by atoms with van der Waals surface area (Å²) in [6.45, 7) is 2.83. The van der Waals surface area contributed by atoms with Crippen molar-refractivity contribution in [2.75, 3.05) is 12.3 Å². The third-order valence-corrected chi connectivity index (χ3v) is 7.06. The van der Waals surface area contributed by atoms with Gasteiger partial charge in [0, 0.05) is 35.5 Å². The Bertz CT molecular complexity index is 1210. The predicted molar refractivity (Wildman–Crippen MR) is 152 cm³/mol. The van der Waals surface area contributed by atoms with Gasteiger partial charge in [0.15, 0.2) is 5.16 Å². The third kappa shape index (κ3) is 6.88. The minimum Gasteiger partial charge on any atom is -0.355 e. The number of thioether (sulfide) groups is 1. The first-order chi connectivity index (χ1) is 17.8. The van der Waals surface area contributed by atoms with Gasteiger partial charge in [0.1, 0.15) is 0 Å². The largest absolute Gasteiger partial charge is 0.355 e. The van der Waals surface area contributed by atoms with Crippen molar-refractivity contribution >= 4 is 17.7 Å². The van der Waals surface area contributed by atoms with Crippen LogP contribution in [0.25, 0.3) is 28.2 Å². The molecule has 3 aromatic carbocycles. The highest BCUT2D eigenvalue weighted by molar-refractivity contribution is 7.99. The Morgan fingerprint density at radius 1 is 0.806 bits per heavy atom. The van der Waals surface area contributed by atoms with Crippen molar-refractivity contribution in [1.82, 2.24) is 14.9 Å². The fourth-order valence-electron chi connectivity index (χ4n) is 4.28. The topological polar surface area (TPSA) is 46.9 Å². The second-order valence-electron chi connectivity index (χ2n) is 8.86. The average Bonchev–Trinajstić information content (AvgIpc) is 3.32. The van der Waals surface area contributed by atoms with Crippen molar-refractivity contribution in [3.8, 4) is 28.2 Å². The molecule has 0 saturated carbocycles. The van der Waals surface area contributed by atoms with E-state index in [0.29, 0.717) is 13.0 Å². The van der Waals surface area contributed by atoms with E-state index in [0.717, 1.165) is 52.0 Å². The summed E-state index contributed by atoms with van der Waals surface area (Å²) in [5.74, 6) is 0.905. The lowest BCUT2D eigenvalue weighted by Crippen LogP contribution is -2.25. The van der Waals surface area contributed by atoms with Crippen molar-refractivity contribution in [1.29, 1.82) is 0 Å². The standard InChI is InChI=1S/C31H35N3OS/c1-2-3-4-5-15-22-28(35)32-23-24-36-31-33-29(25-16-9-6-10-17-25)30(26-18-11-7-12-19-26)34(31)27-20-13-8-14-21-27/h6-14,16-21H,2-5,15,22-24H2,1H3,(H,32,35). The summed E-state index contributed by atoms with van der Waals surface area (Å²) in [5, 5.41) is 4.01. The lowest BCUT2D eigenvalue weighted by Gasteiger charge is -2.13. The van der Waals surface area contributed by atoms with Crippen LogP contribution >= 0.6 is 11.8 Å². The van der Waals surface area contributed by atoms with E-state index >= 15 is 0 Å². The van der Waals surface area contributed by atoms with Gasteiger partial charge in [-0.3, -0.25) is 9.36 Å². The Hall–Kier alpha value is -3.31. The molecule has 4 nitrogen and oxygen atoms in total. The Morgan fingerprint density at radius 3 is 2.08 bits per heavy atom. The molecule has 1 aromatic heterocycles. The molecule has 0 spiro atoms. The molecule has 0 atom stereocenters. The lowest BCUT2D eigenvalue weighted by molar-refractivity contribution is -0.121. The quantitative estimate of drug-likeness (QED) is 0.152. The maximum absolute atomic E-state index is 12.3. The molecular formula is C31H35N3OS. The monoisotopic (exact) mass is 497 g/mol. The molecule has 36 heavy (non-hydrogen) atoms. The van der Waals surface area contributed by atoms with Crippen LogP contribution in [0.1, 0.15) is 45.4 Å². The number of rotatable bonds is 13. The van der Waals surface area contributed by atoms with Gasteiger partial charge < -0.3 is 5.32 Å². The third-order valence-electron chi connectivity index (χ3n) is 6.12. The van der Waals surface area contributed by atoms with Gasteiger partial charge >= 0.3 is 0 Å². The zero-order valence-electron chi connectivity index (χ0n) is 21.0. The SMILES string of the molecule is CCCCCCCC(=O)NCCSc1nc(-c2ccccc2)c(-c2ccccc2)n1-c1ccccc1. The summed E-state index contributed by atoms with van der Waals surface area (Å²) in [5.41, 5.74) is 5.32. The van der Waals surface area contributed by atoms with Gasteiger partial charge in [-0.2, -0.15) is 0 Å². The molecule has 186 valence electrons. The van der Waals surface area contributed by atoms with Gasteiger partial charge in [-0.15, -0.1) is 0 Å². The van der Waals surface area contributed by atoms with Crippen LogP contribution in [0.3, 0.4) is 0 Å². The summed E-state index contributed by atoms with van der Waals surface area (Å²) in [4.78, 5) is 17.4. The first-order valence-electron chi connectivity index (χ1n) is 13.0. The zero-order chi connectivity index (χ0) is 25.0. The van der Waals surface area contributed by atoms with Gasteiger partial charge in [0.2, 0.25) is 5.91 Å². The Kier molecular flexibility index (Phi) is 9.80. The number of aromatic nitrogens is 2. The van der Waals surface area contributed by atoms with E-state index in [4.69, 9.17) is 4.98 Å². The molecule has 0 fully saturated rings. The van der Waals surface area contributed by atoms with Crippen LogP contribution in [0.5, 0.6) is 0 Å². The van der Waals surface area contributed by atoms with Gasteiger partial charge in [0.25, 0.3) is 0 Å². The number of nitrogens with zero attached hydrogens (tertiary/aromatic N) is 2. The molecule has 0 unspecified atom stereocenters. The lowest BCUT2D eigenvalue weighted by atomic mass is 10.0. The van der Waals surface area contributed by atoms with Gasteiger partial charge in [-0.05, 0) is 18.6 Å². The highest BCUT2D eigenvalue weighted by Gasteiger charge is 2.21. The van der Waals surface area contributed by atoms with Crippen molar-refractivity contribution < 1.29 is 4.79 Å². The first-order valence-corrected chi connectivity index (χ1v) is 13.9. The number of benzene rings is 3. The van der Waals surface area contributed by atoms with Crippen LogP contribution in [0.2, 0.25) is 0 Å². The van der Waals surface area contributed by atoms with Gasteiger partial charge in [0.05, 0.1) is 11.4 Å². The molecule has 1 amide bonds. The number of hydrogen-bond donors (Lipinski definition) is 1. The van der Waals surface area contributed by atoms with Crippen molar-refractivity contribution in [3.05, 3.63) is 91.0 Å². The van der Waals surface area contributed by atoms with Crippen LogP contribution in [-0.2, 0) is 4.79 Å². The van der Waals surface area contributed by atoms with Crippen LogP contribution in [0.15, 0.2) is 96.2 Å². The Morgan fingerprint density at radius 2 is 1.42 bits per heavy atom. The van der Waals surface area contributed by atoms with Gasteiger partial charge in [-0.25, -0.2) is 4.98 Å². The number of imidazole rings is 1. The summed E-state index contributed by atoms with van der Waals surface area (Å²) in [7, 11) is 0. The molecule has 0 aliphatic heterocycles. The fourth-order valence-corrected chi connectivity index (χ4v) is 5.15. The average molecular weight is 498 g/mol. The maximum atomic E-state index is 12.3. The van der Waals surface area contributed by atoms with Gasteiger partial charge in [-0.1, -0.05) is 123 Å². The van der Waals surface area contributed by atoms with E-state index in [9.17, 15) is 4.79 Å². The number of unbranched alkanes of at least 4 members (excludes halogenated alkanes) is 4. The summed E-state index contributed by atoms with van der Waals surface area (Å²) in [6.07, 6.45) is 6.41. The number of nitrogens with one attached hydrogen (secondary N) is 1. The van der Waals surface area contributed by atoms with E-state index < -0.39 is 0 Å². The fraction of sp³-hybridized carbons (Fsp3) is 0.290. The molecule has 5 heteroatoms. The van der Waals surface area contributed by atoms with Crippen LogP contribution < -0.4 is 5.32 Å². The normalized spacial score (nSPS) is 10.9. The predicted octanol–water partition coefficient (Wildman–Crippen LogP) is 7.78. The van der Waals surface area contributed by atoms with E-state index in [1.54, 1.807) is 11.8 Å². The minimum absolute atomic E-state index is 0.147. The van der Waals surface area contributed by atoms with E-state index in [2.05, 4.69) is 89.6 Å². The van der Waals surface area contributed by atoms with Crippen LogP contribution in [0, 0.1) is 0 Å². The van der Waals surface area contributed by atoms with Crippen LogP contribution in [0.4, 0.5) is 0 Å². The highest BCUT2D eigenvalue weighted by atomic mass is 32.2. The molecule has 1 heterocycles. The summed E-state index contributed by atoms with van der Waals surface area (Å²) < 4.78 is 2.25. The minimum atomic E-state index is 0.147. The number of carbonyl (C=O) groups excluding carboxylic acids is 1. The first kappa shape index (κ1) is 25.8. The Labute approximate surface area is 219 Å². The molecular weight excluding hydrogens is 462 g/mol. The molecule has 0 radical (unpaired) electrons. The van der Waals surface area contributed by atoms with E-state index in [1.165, 1.54) is 19.3 Å². The number of para-hydroxylation sites is 1. The smallest absolute Gasteiger partial charge is 0.220 e. The Balaban J connectivity index is 1.56.